The lowest BCUT2D eigenvalue weighted by Crippen LogP contribution is -1.85. The number of pyridine rings is 1. The molecule has 0 bridgehead atoms. The van der Waals surface area contributed by atoms with Gasteiger partial charge in [0, 0.05) is 15.3 Å². The van der Waals surface area contributed by atoms with E-state index in [1.807, 2.05) is 28.7 Å². The molecule has 0 aliphatic heterocycles. The highest BCUT2D eigenvalue weighted by molar-refractivity contribution is 14.1. The van der Waals surface area contributed by atoms with Gasteiger partial charge in [-0.2, -0.15) is 0 Å². The number of halogens is 2. The maximum Gasteiger partial charge on any atom is 0.137 e. The minimum Gasteiger partial charge on any atom is -0.256 e. The van der Waals surface area contributed by atoms with Crippen LogP contribution in [0.15, 0.2) is 42.6 Å². The average molecular weight is 300 g/mol. The van der Waals surface area contributed by atoms with Crippen LogP contribution >= 0.6 is 22.6 Å². The Balaban J connectivity index is 2.60. The van der Waals surface area contributed by atoms with Crippen molar-refractivity contribution in [2.75, 3.05) is 0 Å². The van der Waals surface area contributed by atoms with Crippen molar-refractivity contribution in [3.63, 3.8) is 0 Å². The SMILES string of the molecule is [2H]c1c(-c2ccccn2)ccc(I)c1F. The first-order chi connectivity index (χ1) is 7.20. The zero-order valence-corrected chi connectivity index (χ0v) is 9.32. The molecule has 0 fully saturated rings. The summed E-state index contributed by atoms with van der Waals surface area (Å²) in [6, 6.07) is 8.64. The van der Waals surface area contributed by atoms with Gasteiger partial charge in [0.15, 0.2) is 0 Å². The molecule has 14 heavy (non-hydrogen) atoms. The van der Waals surface area contributed by atoms with Crippen molar-refractivity contribution in [1.29, 1.82) is 0 Å². The molecular weight excluding hydrogens is 292 g/mol. The van der Waals surface area contributed by atoms with Gasteiger partial charge in [-0.15, -0.1) is 0 Å². The molecule has 70 valence electrons. The molecule has 1 aromatic carbocycles. The molecule has 0 saturated carbocycles. The summed E-state index contributed by atoms with van der Waals surface area (Å²) in [6.45, 7) is 0. The zero-order chi connectivity index (χ0) is 10.8. The summed E-state index contributed by atoms with van der Waals surface area (Å²) in [5.74, 6) is -0.487. The second-order valence-corrected chi connectivity index (χ2v) is 3.91. The van der Waals surface area contributed by atoms with Gasteiger partial charge in [0.2, 0.25) is 0 Å². The molecule has 2 rings (SSSR count). The van der Waals surface area contributed by atoms with Crippen LogP contribution in [0, 0.1) is 9.39 Å². The van der Waals surface area contributed by atoms with Gasteiger partial charge in [-0.05, 0) is 46.8 Å². The Morgan fingerprint density at radius 3 is 2.86 bits per heavy atom. The van der Waals surface area contributed by atoms with Gasteiger partial charge < -0.3 is 0 Å². The molecule has 0 atom stereocenters. The third-order valence-corrected chi connectivity index (χ3v) is 2.62. The van der Waals surface area contributed by atoms with Crippen LogP contribution in [-0.4, -0.2) is 4.98 Å². The topological polar surface area (TPSA) is 12.9 Å². The molecule has 0 radical (unpaired) electrons. The van der Waals surface area contributed by atoms with Crippen molar-refractivity contribution in [2.24, 2.45) is 0 Å². The third kappa shape index (κ3) is 1.92. The van der Waals surface area contributed by atoms with Crippen LogP contribution in [0.4, 0.5) is 4.39 Å². The Hall–Kier alpha value is -0.970. The van der Waals surface area contributed by atoms with Crippen molar-refractivity contribution in [2.45, 2.75) is 0 Å². The normalized spacial score (nSPS) is 11.1. The van der Waals surface area contributed by atoms with Crippen LogP contribution in [0.1, 0.15) is 1.37 Å². The van der Waals surface area contributed by atoms with E-state index in [2.05, 4.69) is 4.98 Å². The highest BCUT2D eigenvalue weighted by Gasteiger charge is 2.02. The fourth-order valence-electron chi connectivity index (χ4n) is 1.12. The number of hydrogen-bond donors (Lipinski definition) is 0. The van der Waals surface area contributed by atoms with E-state index >= 15 is 0 Å². The van der Waals surface area contributed by atoms with Gasteiger partial charge in [-0.1, -0.05) is 12.1 Å². The van der Waals surface area contributed by atoms with Gasteiger partial charge in [-0.3, -0.25) is 4.98 Å². The third-order valence-electron chi connectivity index (χ3n) is 1.79. The van der Waals surface area contributed by atoms with Crippen molar-refractivity contribution in [3.8, 4) is 11.3 Å². The van der Waals surface area contributed by atoms with E-state index in [-0.39, 0.29) is 6.04 Å². The van der Waals surface area contributed by atoms with E-state index in [0.717, 1.165) is 0 Å². The summed E-state index contributed by atoms with van der Waals surface area (Å²) in [6.07, 6.45) is 1.63. The fourth-order valence-corrected chi connectivity index (χ4v) is 1.44. The van der Waals surface area contributed by atoms with Crippen LogP contribution in [0.3, 0.4) is 0 Å². The molecule has 0 spiro atoms. The molecule has 0 saturated heterocycles. The zero-order valence-electron chi connectivity index (χ0n) is 8.17. The highest BCUT2D eigenvalue weighted by atomic mass is 127. The van der Waals surface area contributed by atoms with Crippen LogP contribution in [-0.2, 0) is 0 Å². The predicted octanol–water partition coefficient (Wildman–Crippen LogP) is 3.49. The van der Waals surface area contributed by atoms with E-state index in [1.165, 1.54) is 0 Å². The van der Waals surface area contributed by atoms with Crippen molar-refractivity contribution in [3.05, 3.63) is 52.0 Å². The first-order valence-electron chi connectivity index (χ1n) is 4.56. The lowest BCUT2D eigenvalue weighted by atomic mass is 10.1. The van der Waals surface area contributed by atoms with Crippen molar-refractivity contribution >= 4 is 22.6 Å². The Morgan fingerprint density at radius 1 is 1.29 bits per heavy atom. The molecule has 1 heterocycles. The fraction of sp³-hybridized carbons (Fsp3) is 0. The second kappa shape index (κ2) is 4.04. The van der Waals surface area contributed by atoms with E-state index in [9.17, 15) is 4.39 Å². The Bertz CT molecular complexity index is 487. The standard InChI is InChI=1S/C11H7FIN/c12-9-7-8(4-5-10(9)13)11-3-1-2-6-14-11/h1-7H/i7D. The van der Waals surface area contributed by atoms with Crippen molar-refractivity contribution < 1.29 is 5.76 Å². The maximum absolute atomic E-state index is 13.5. The molecule has 1 nitrogen and oxygen atoms in total. The predicted molar refractivity (Wildman–Crippen MR) is 62.3 cm³/mol. The summed E-state index contributed by atoms with van der Waals surface area (Å²) in [5.41, 5.74) is 1.14. The Labute approximate surface area is 96.5 Å². The number of hydrogen-bond acceptors (Lipinski definition) is 1. The summed E-state index contributed by atoms with van der Waals surface area (Å²) in [7, 11) is 0. The lowest BCUT2D eigenvalue weighted by molar-refractivity contribution is 0.621. The van der Waals surface area contributed by atoms with E-state index < -0.39 is 5.82 Å². The number of rotatable bonds is 1. The molecule has 2 aromatic rings. The van der Waals surface area contributed by atoms with Crippen LogP contribution in [0.25, 0.3) is 11.3 Å². The number of nitrogens with zero attached hydrogens (tertiary/aromatic N) is 1. The second-order valence-electron chi connectivity index (χ2n) is 2.75. The van der Waals surface area contributed by atoms with Gasteiger partial charge >= 0.3 is 0 Å². The molecule has 3 heteroatoms. The molecular formula is C11H7FIN. The first kappa shape index (κ1) is 8.35. The van der Waals surface area contributed by atoms with Crippen LogP contribution in [0.5, 0.6) is 0 Å². The minimum absolute atomic E-state index is 0.0967. The summed E-state index contributed by atoms with van der Waals surface area (Å²) in [4.78, 5) is 4.09. The monoisotopic (exact) mass is 300 g/mol. The highest BCUT2D eigenvalue weighted by Crippen LogP contribution is 2.20. The van der Waals surface area contributed by atoms with E-state index in [4.69, 9.17) is 1.37 Å². The molecule has 0 unspecified atom stereocenters. The molecule has 0 aliphatic carbocycles. The number of aromatic nitrogens is 1. The Kier molecular flexibility index (Phi) is 2.41. The average Bonchev–Trinajstić information content (AvgIpc) is 2.27. The summed E-state index contributed by atoms with van der Waals surface area (Å²) >= 11 is 1.87. The first-order valence-corrected chi connectivity index (χ1v) is 5.14. The summed E-state index contributed by atoms with van der Waals surface area (Å²) < 4.78 is 21.6. The van der Waals surface area contributed by atoms with Gasteiger partial charge in [0.25, 0.3) is 0 Å². The quantitative estimate of drug-likeness (QED) is 0.735. The van der Waals surface area contributed by atoms with Gasteiger partial charge in [0.1, 0.15) is 5.82 Å². The smallest absolute Gasteiger partial charge is 0.137 e. The molecule has 0 amide bonds. The number of benzene rings is 1. The van der Waals surface area contributed by atoms with Crippen LogP contribution in [0.2, 0.25) is 0 Å². The van der Waals surface area contributed by atoms with Crippen molar-refractivity contribution in [1.82, 2.24) is 4.98 Å². The van der Waals surface area contributed by atoms with E-state index in [1.54, 1.807) is 30.5 Å². The minimum atomic E-state index is -0.487. The largest absolute Gasteiger partial charge is 0.256 e. The van der Waals surface area contributed by atoms with Gasteiger partial charge in [-0.25, -0.2) is 4.39 Å². The van der Waals surface area contributed by atoms with Gasteiger partial charge in [0.05, 0.1) is 7.06 Å². The van der Waals surface area contributed by atoms with E-state index in [0.29, 0.717) is 14.8 Å². The molecule has 0 aliphatic rings. The molecule has 0 N–H and O–H groups in total. The maximum atomic E-state index is 13.5. The summed E-state index contributed by atoms with van der Waals surface area (Å²) in [5, 5.41) is 0. The molecule has 1 aromatic heterocycles. The van der Waals surface area contributed by atoms with Crippen LogP contribution < -0.4 is 0 Å². The lowest BCUT2D eigenvalue weighted by Gasteiger charge is -2.01. The Morgan fingerprint density at radius 2 is 2.14 bits per heavy atom.